The van der Waals surface area contributed by atoms with Gasteiger partial charge in [0.15, 0.2) is 0 Å². The van der Waals surface area contributed by atoms with Crippen LogP contribution in [0.4, 0.5) is 11.4 Å². The van der Waals surface area contributed by atoms with Crippen LogP contribution in [0, 0.1) is 13.8 Å². The first-order valence-corrected chi connectivity index (χ1v) is 6.61. The van der Waals surface area contributed by atoms with Crippen LogP contribution in [0.25, 0.3) is 22.9 Å². The molecule has 0 atom stereocenters. The Kier molecular flexibility index (Phi) is 3.10. The monoisotopic (exact) mass is 280 g/mol. The number of nitrogens with zero attached hydrogens (tertiary/aromatic N) is 2. The number of hydrogen-bond donors (Lipinski definition) is 2. The Morgan fingerprint density at radius 3 is 1.57 bits per heavy atom. The Bertz CT molecular complexity index is 742. The molecule has 0 aliphatic rings. The molecule has 106 valence electrons. The normalized spacial score (nSPS) is 10.8. The summed E-state index contributed by atoms with van der Waals surface area (Å²) in [5.74, 6) is 0.881. The summed E-state index contributed by atoms with van der Waals surface area (Å²) >= 11 is 0. The van der Waals surface area contributed by atoms with Crippen molar-refractivity contribution in [2.24, 2.45) is 0 Å². The molecule has 21 heavy (non-hydrogen) atoms. The van der Waals surface area contributed by atoms with Crippen LogP contribution in [0.1, 0.15) is 11.1 Å². The number of nitrogens with two attached hydrogens (primary N) is 2. The number of anilines is 2. The fourth-order valence-corrected chi connectivity index (χ4v) is 2.00. The maximum Gasteiger partial charge on any atom is 0.248 e. The zero-order valence-corrected chi connectivity index (χ0v) is 11.9. The van der Waals surface area contributed by atoms with Crippen LogP contribution in [0.15, 0.2) is 40.8 Å². The third-order valence-corrected chi connectivity index (χ3v) is 3.48. The highest BCUT2D eigenvalue weighted by Gasteiger charge is 2.11. The van der Waals surface area contributed by atoms with E-state index < -0.39 is 0 Å². The Balaban J connectivity index is 1.99. The van der Waals surface area contributed by atoms with Gasteiger partial charge in [-0.15, -0.1) is 10.2 Å². The first kappa shape index (κ1) is 13.2. The Morgan fingerprint density at radius 1 is 0.762 bits per heavy atom. The van der Waals surface area contributed by atoms with E-state index in [9.17, 15) is 0 Å². The molecule has 0 radical (unpaired) electrons. The number of hydrogen-bond acceptors (Lipinski definition) is 5. The second-order valence-corrected chi connectivity index (χ2v) is 5.06. The number of aryl methyl sites for hydroxylation is 2. The Morgan fingerprint density at radius 2 is 1.19 bits per heavy atom. The van der Waals surface area contributed by atoms with Gasteiger partial charge in [-0.05, 0) is 49.2 Å². The summed E-state index contributed by atoms with van der Waals surface area (Å²) in [4.78, 5) is 0. The van der Waals surface area contributed by atoms with Gasteiger partial charge in [0.25, 0.3) is 0 Å². The van der Waals surface area contributed by atoms with Gasteiger partial charge < -0.3 is 15.9 Å². The fourth-order valence-electron chi connectivity index (χ4n) is 2.00. The third kappa shape index (κ3) is 2.45. The van der Waals surface area contributed by atoms with Gasteiger partial charge in [-0.3, -0.25) is 0 Å². The van der Waals surface area contributed by atoms with Crippen molar-refractivity contribution < 1.29 is 4.42 Å². The van der Waals surface area contributed by atoms with Crippen molar-refractivity contribution in [3.63, 3.8) is 0 Å². The first-order valence-electron chi connectivity index (χ1n) is 6.61. The maximum absolute atomic E-state index is 5.91. The van der Waals surface area contributed by atoms with E-state index in [0.29, 0.717) is 23.2 Å². The van der Waals surface area contributed by atoms with E-state index >= 15 is 0 Å². The molecule has 5 nitrogen and oxygen atoms in total. The van der Waals surface area contributed by atoms with Gasteiger partial charge in [-0.25, -0.2) is 0 Å². The second-order valence-electron chi connectivity index (χ2n) is 5.06. The molecule has 0 aliphatic carbocycles. The fraction of sp³-hybridized carbons (Fsp3) is 0.125. The zero-order valence-electron chi connectivity index (χ0n) is 11.9. The molecule has 4 N–H and O–H groups in total. The van der Waals surface area contributed by atoms with Gasteiger partial charge in [0.2, 0.25) is 11.8 Å². The summed E-state index contributed by atoms with van der Waals surface area (Å²) < 4.78 is 5.71. The third-order valence-electron chi connectivity index (χ3n) is 3.48. The van der Waals surface area contributed by atoms with Gasteiger partial charge in [0.05, 0.1) is 0 Å². The summed E-state index contributed by atoms with van der Waals surface area (Å²) in [6, 6.07) is 11.3. The molecule has 0 spiro atoms. The lowest BCUT2D eigenvalue weighted by atomic mass is 10.1. The summed E-state index contributed by atoms with van der Waals surface area (Å²) in [7, 11) is 0. The quantitative estimate of drug-likeness (QED) is 0.703. The predicted molar refractivity (Wildman–Crippen MR) is 83.5 cm³/mol. The van der Waals surface area contributed by atoms with Crippen LogP contribution in [0.3, 0.4) is 0 Å². The van der Waals surface area contributed by atoms with E-state index in [1.165, 1.54) is 0 Å². The van der Waals surface area contributed by atoms with Crippen LogP contribution >= 0.6 is 0 Å². The van der Waals surface area contributed by atoms with Crippen molar-refractivity contribution in [2.75, 3.05) is 11.5 Å². The van der Waals surface area contributed by atoms with Crippen molar-refractivity contribution in [3.05, 3.63) is 47.5 Å². The lowest BCUT2D eigenvalue weighted by Gasteiger charge is -2.02. The lowest BCUT2D eigenvalue weighted by Crippen LogP contribution is -1.89. The van der Waals surface area contributed by atoms with E-state index in [1.54, 1.807) is 0 Å². The van der Waals surface area contributed by atoms with Crippen LogP contribution in [0.5, 0.6) is 0 Å². The molecule has 2 aromatic carbocycles. The molecule has 0 saturated carbocycles. The standard InChI is InChI=1S/C16H16N4O/c1-9-3-5-11(7-13(9)17)15-19-20-16(21-15)12-6-4-10(2)14(18)8-12/h3-8H,17-18H2,1-2H3. The van der Waals surface area contributed by atoms with E-state index in [4.69, 9.17) is 15.9 Å². The van der Waals surface area contributed by atoms with Gasteiger partial charge in [0, 0.05) is 22.5 Å². The maximum atomic E-state index is 5.91. The molecule has 0 unspecified atom stereocenters. The topological polar surface area (TPSA) is 91.0 Å². The van der Waals surface area contributed by atoms with Gasteiger partial charge in [0.1, 0.15) is 0 Å². The van der Waals surface area contributed by atoms with Gasteiger partial charge in [-0.1, -0.05) is 12.1 Å². The van der Waals surface area contributed by atoms with Crippen molar-refractivity contribution >= 4 is 11.4 Å². The van der Waals surface area contributed by atoms with Gasteiger partial charge in [-0.2, -0.15) is 0 Å². The van der Waals surface area contributed by atoms with Crippen molar-refractivity contribution in [3.8, 4) is 22.9 Å². The van der Waals surface area contributed by atoms with Crippen LogP contribution < -0.4 is 11.5 Å². The van der Waals surface area contributed by atoms with E-state index in [0.717, 1.165) is 22.3 Å². The molecule has 0 amide bonds. The zero-order chi connectivity index (χ0) is 15.0. The number of benzene rings is 2. The molecular weight excluding hydrogens is 264 g/mol. The molecule has 3 rings (SSSR count). The van der Waals surface area contributed by atoms with Gasteiger partial charge >= 0.3 is 0 Å². The van der Waals surface area contributed by atoms with Crippen molar-refractivity contribution in [2.45, 2.75) is 13.8 Å². The number of nitrogen functional groups attached to an aromatic ring is 2. The van der Waals surface area contributed by atoms with Crippen LogP contribution in [-0.4, -0.2) is 10.2 Å². The molecule has 0 saturated heterocycles. The number of aromatic nitrogens is 2. The van der Waals surface area contributed by atoms with E-state index in [1.807, 2.05) is 50.2 Å². The molecular formula is C16H16N4O. The Hall–Kier alpha value is -2.82. The molecule has 1 aromatic heterocycles. The highest BCUT2D eigenvalue weighted by molar-refractivity contribution is 5.66. The number of rotatable bonds is 2. The van der Waals surface area contributed by atoms with E-state index in [-0.39, 0.29) is 0 Å². The first-order chi connectivity index (χ1) is 10.0. The molecule has 1 heterocycles. The molecule has 0 bridgehead atoms. The average molecular weight is 280 g/mol. The van der Waals surface area contributed by atoms with E-state index in [2.05, 4.69) is 10.2 Å². The molecule has 0 fully saturated rings. The molecule has 3 aromatic rings. The summed E-state index contributed by atoms with van der Waals surface area (Å²) in [5, 5.41) is 8.15. The highest BCUT2D eigenvalue weighted by atomic mass is 16.4. The van der Waals surface area contributed by atoms with Crippen LogP contribution in [0.2, 0.25) is 0 Å². The minimum Gasteiger partial charge on any atom is -0.416 e. The van der Waals surface area contributed by atoms with Crippen LogP contribution in [-0.2, 0) is 0 Å². The minimum atomic E-state index is 0.441. The predicted octanol–water partition coefficient (Wildman–Crippen LogP) is 3.18. The Labute approximate surface area is 122 Å². The summed E-state index contributed by atoms with van der Waals surface area (Å²) in [6.07, 6.45) is 0. The highest BCUT2D eigenvalue weighted by Crippen LogP contribution is 2.27. The smallest absolute Gasteiger partial charge is 0.248 e. The lowest BCUT2D eigenvalue weighted by molar-refractivity contribution is 0.584. The molecule has 0 aliphatic heterocycles. The van der Waals surface area contributed by atoms with Crippen molar-refractivity contribution in [1.82, 2.24) is 10.2 Å². The molecule has 5 heteroatoms. The largest absolute Gasteiger partial charge is 0.416 e. The summed E-state index contributed by atoms with van der Waals surface area (Å²) in [5.41, 5.74) is 16.9. The minimum absolute atomic E-state index is 0.441. The second kappa shape index (κ2) is 4.94. The van der Waals surface area contributed by atoms with Crippen molar-refractivity contribution in [1.29, 1.82) is 0 Å². The SMILES string of the molecule is Cc1ccc(-c2nnc(-c3ccc(C)c(N)c3)o2)cc1N. The summed E-state index contributed by atoms with van der Waals surface area (Å²) in [6.45, 7) is 3.90. The average Bonchev–Trinajstić information content (AvgIpc) is 2.94.